The van der Waals surface area contributed by atoms with Gasteiger partial charge in [-0.1, -0.05) is 33.6 Å². The van der Waals surface area contributed by atoms with Crippen LogP contribution in [0.1, 0.15) is 18.4 Å². The molecule has 8 heteroatoms. The van der Waals surface area contributed by atoms with E-state index in [-0.39, 0.29) is 6.04 Å². The Morgan fingerprint density at radius 1 is 1.15 bits per heavy atom. The zero-order valence-corrected chi connectivity index (χ0v) is 16.0. The first-order valence-electron chi connectivity index (χ1n) is 7.97. The van der Waals surface area contributed by atoms with Crippen molar-refractivity contribution in [1.29, 1.82) is 0 Å². The van der Waals surface area contributed by atoms with Crippen molar-refractivity contribution in [3.63, 3.8) is 0 Å². The monoisotopic (exact) mass is 434 g/mol. The molecule has 2 amide bonds. The lowest BCUT2D eigenvalue weighted by Gasteiger charge is -2.10. The molecule has 2 aromatic rings. The number of anilines is 2. The van der Waals surface area contributed by atoms with E-state index in [1.165, 1.54) is 6.21 Å². The molecule has 26 heavy (non-hydrogen) atoms. The van der Waals surface area contributed by atoms with Gasteiger partial charge in [-0.25, -0.2) is 5.43 Å². The minimum Gasteiger partial charge on any atom is -0.355 e. The van der Waals surface area contributed by atoms with Crippen molar-refractivity contribution in [3.8, 4) is 0 Å². The van der Waals surface area contributed by atoms with Crippen molar-refractivity contribution in [1.82, 2.24) is 10.7 Å². The number of rotatable bonds is 5. The molecule has 1 fully saturated rings. The molecule has 0 spiro atoms. The average Bonchev–Trinajstić information content (AvgIpc) is 3.41. The first-order chi connectivity index (χ1) is 12.5. The molecule has 6 nitrogen and oxygen atoms in total. The minimum absolute atomic E-state index is 0.121. The number of benzene rings is 2. The summed E-state index contributed by atoms with van der Waals surface area (Å²) in [5, 5.41) is 10.4. The molecule has 0 radical (unpaired) electrons. The Balaban J connectivity index is 1.68. The van der Waals surface area contributed by atoms with Gasteiger partial charge in [0, 0.05) is 32.5 Å². The molecule has 134 valence electrons. The van der Waals surface area contributed by atoms with Gasteiger partial charge in [-0.05, 0) is 49.2 Å². The molecule has 1 aliphatic rings. The smallest absolute Gasteiger partial charge is 0.329 e. The van der Waals surface area contributed by atoms with E-state index in [0.717, 1.165) is 34.3 Å². The van der Waals surface area contributed by atoms with Crippen LogP contribution in [0.15, 0.2) is 52.0 Å². The predicted molar refractivity (Wildman–Crippen MR) is 106 cm³/mol. The summed E-state index contributed by atoms with van der Waals surface area (Å²) < 4.78 is 0.855. The molecule has 0 aliphatic heterocycles. The van der Waals surface area contributed by atoms with Gasteiger partial charge in [-0.3, -0.25) is 9.59 Å². The summed E-state index contributed by atoms with van der Waals surface area (Å²) in [6, 6.07) is 13.0. The third kappa shape index (κ3) is 5.31. The Kier molecular flexibility index (Phi) is 5.90. The highest BCUT2D eigenvalue weighted by atomic mass is 79.9. The Bertz CT molecular complexity index is 868. The van der Waals surface area contributed by atoms with E-state index < -0.39 is 11.8 Å². The van der Waals surface area contributed by atoms with Crippen molar-refractivity contribution in [2.45, 2.75) is 18.9 Å². The van der Waals surface area contributed by atoms with Gasteiger partial charge in [-0.15, -0.1) is 0 Å². The zero-order chi connectivity index (χ0) is 18.5. The lowest BCUT2D eigenvalue weighted by atomic mass is 10.2. The SMILES string of the molecule is O=C(N/N=C\c1cc(Br)ccc1Nc1cccc(Cl)c1)C(=O)NC1CC1. The molecule has 0 bridgehead atoms. The fraction of sp³-hybridized carbons (Fsp3) is 0.167. The largest absolute Gasteiger partial charge is 0.355 e. The molecule has 0 saturated heterocycles. The molecule has 0 aromatic heterocycles. The number of halogens is 2. The lowest BCUT2D eigenvalue weighted by Crippen LogP contribution is -2.38. The van der Waals surface area contributed by atoms with Crippen LogP contribution in [0.3, 0.4) is 0 Å². The standard InChI is InChI=1S/C18H16BrClN4O2/c19-12-4-7-16(22-15-3-1-2-13(20)9-15)11(8-12)10-21-24-18(26)17(25)23-14-5-6-14/h1-4,7-10,14,22H,5-6H2,(H,23,25)(H,24,26)/b21-10-. The molecule has 0 atom stereocenters. The summed E-state index contributed by atoms with van der Waals surface area (Å²) in [5.74, 6) is -1.45. The normalized spacial score (nSPS) is 13.5. The van der Waals surface area contributed by atoms with Gasteiger partial charge in [0.1, 0.15) is 0 Å². The number of carbonyl (C=O) groups excluding carboxylic acids is 2. The zero-order valence-electron chi connectivity index (χ0n) is 13.6. The quantitative estimate of drug-likeness (QED) is 0.381. The van der Waals surface area contributed by atoms with Crippen LogP contribution < -0.4 is 16.1 Å². The van der Waals surface area contributed by atoms with E-state index >= 15 is 0 Å². The maximum Gasteiger partial charge on any atom is 0.329 e. The summed E-state index contributed by atoms with van der Waals surface area (Å²) in [5.41, 5.74) is 4.56. The van der Waals surface area contributed by atoms with E-state index in [0.29, 0.717) is 5.02 Å². The Morgan fingerprint density at radius 2 is 1.96 bits per heavy atom. The van der Waals surface area contributed by atoms with Gasteiger partial charge in [-0.2, -0.15) is 5.10 Å². The summed E-state index contributed by atoms with van der Waals surface area (Å²) in [4.78, 5) is 23.3. The topological polar surface area (TPSA) is 82.6 Å². The third-order valence-corrected chi connectivity index (χ3v) is 4.33. The third-order valence-electron chi connectivity index (χ3n) is 3.61. The Morgan fingerprint density at radius 3 is 2.69 bits per heavy atom. The highest BCUT2D eigenvalue weighted by molar-refractivity contribution is 9.10. The van der Waals surface area contributed by atoms with Crippen molar-refractivity contribution in [2.75, 3.05) is 5.32 Å². The second-order valence-electron chi connectivity index (χ2n) is 5.81. The second-order valence-corrected chi connectivity index (χ2v) is 7.17. The lowest BCUT2D eigenvalue weighted by molar-refractivity contribution is -0.139. The van der Waals surface area contributed by atoms with E-state index in [1.54, 1.807) is 12.1 Å². The first-order valence-corrected chi connectivity index (χ1v) is 9.14. The Hall–Kier alpha value is -2.38. The van der Waals surface area contributed by atoms with Gasteiger partial charge >= 0.3 is 11.8 Å². The summed E-state index contributed by atoms with van der Waals surface area (Å²) in [6.45, 7) is 0. The van der Waals surface area contributed by atoms with Crippen molar-refractivity contribution >= 4 is 56.9 Å². The molecule has 0 unspecified atom stereocenters. The fourth-order valence-corrected chi connectivity index (χ4v) is 2.73. The summed E-state index contributed by atoms with van der Waals surface area (Å²) in [6.07, 6.45) is 3.30. The van der Waals surface area contributed by atoms with Crippen LogP contribution in [0.5, 0.6) is 0 Å². The molecule has 1 saturated carbocycles. The Labute approximate surface area is 164 Å². The second kappa shape index (κ2) is 8.33. The van der Waals surface area contributed by atoms with Crippen molar-refractivity contribution < 1.29 is 9.59 Å². The maximum absolute atomic E-state index is 11.7. The molecular weight excluding hydrogens is 420 g/mol. The van der Waals surface area contributed by atoms with Gasteiger partial charge in [0.25, 0.3) is 0 Å². The number of nitrogens with zero attached hydrogens (tertiary/aromatic N) is 1. The van der Waals surface area contributed by atoms with Crippen LogP contribution in [0.4, 0.5) is 11.4 Å². The van der Waals surface area contributed by atoms with Gasteiger partial charge in [0.15, 0.2) is 0 Å². The molecule has 1 aliphatic carbocycles. The van der Waals surface area contributed by atoms with Crippen molar-refractivity contribution in [2.24, 2.45) is 5.10 Å². The fourth-order valence-electron chi connectivity index (χ4n) is 2.17. The number of carbonyl (C=O) groups is 2. The van der Waals surface area contributed by atoms with Gasteiger partial charge in [0.05, 0.1) is 6.21 Å². The van der Waals surface area contributed by atoms with Crippen LogP contribution in [0.25, 0.3) is 0 Å². The van der Waals surface area contributed by atoms with Crippen LogP contribution in [0, 0.1) is 0 Å². The number of nitrogens with one attached hydrogen (secondary N) is 3. The van der Waals surface area contributed by atoms with E-state index in [9.17, 15) is 9.59 Å². The molecule has 2 aromatic carbocycles. The minimum atomic E-state index is -0.785. The highest BCUT2D eigenvalue weighted by Gasteiger charge is 2.26. The maximum atomic E-state index is 11.7. The first kappa shape index (κ1) is 18.4. The number of hydrogen-bond donors (Lipinski definition) is 3. The molecule has 3 N–H and O–H groups in total. The van der Waals surface area contributed by atoms with Crippen LogP contribution in [0.2, 0.25) is 5.02 Å². The van der Waals surface area contributed by atoms with Crippen LogP contribution in [-0.4, -0.2) is 24.1 Å². The number of amides is 2. The highest BCUT2D eigenvalue weighted by Crippen LogP contribution is 2.25. The molecule has 0 heterocycles. The average molecular weight is 436 g/mol. The van der Waals surface area contributed by atoms with Crippen LogP contribution >= 0.6 is 27.5 Å². The van der Waals surface area contributed by atoms with E-state index in [2.05, 4.69) is 37.1 Å². The number of hydrogen-bond acceptors (Lipinski definition) is 4. The van der Waals surface area contributed by atoms with Crippen molar-refractivity contribution in [3.05, 3.63) is 57.5 Å². The predicted octanol–water partition coefficient (Wildman–Crippen LogP) is 3.57. The van der Waals surface area contributed by atoms with Gasteiger partial charge < -0.3 is 10.6 Å². The summed E-state index contributed by atoms with van der Waals surface area (Å²) >= 11 is 9.41. The summed E-state index contributed by atoms with van der Waals surface area (Å²) in [7, 11) is 0. The van der Waals surface area contributed by atoms with Gasteiger partial charge in [0.2, 0.25) is 0 Å². The molecular formula is C18H16BrClN4O2. The van der Waals surface area contributed by atoms with E-state index in [1.807, 2.05) is 30.3 Å². The molecule has 3 rings (SSSR count). The number of hydrazone groups is 1. The van der Waals surface area contributed by atoms with E-state index in [4.69, 9.17) is 11.6 Å². The van der Waals surface area contributed by atoms with Crippen LogP contribution in [-0.2, 0) is 9.59 Å².